The molecule has 1 aliphatic rings. The van der Waals surface area contributed by atoms with Gasteiger partial charge in [0.15, 0.2) is 11.5 Å². The van der Waals surface area contributed by atoms with Gasteiger partial charge in [0.25, 0.3) is 11.8 Å². The molecule has 1 aromatic heterocycles. The number of nitrogens with one attached hydrogen (secondary N) is 2. The Balaban J connectivity index is 1.58. The lowest BCUT2D eigenvalue weighted by molar-refractivity contribution is -0.118. The normalized spacial score (nSPS) is 14.5. The van der Waals surface area contributed by atoms with E-state index >= 15 is 0 Å². The first-order valence-corrected chi connectivity index (χ1v) is 10.1. The van der Waals surface area contributed by atoms with Crippen molar-refractivity contribution in [2.24, 2.45) is 5.92 Å². The van der Waals surface area contributed by atoms with Gasteiger partial charge in [-0.05, 0) is 31.9 Å². The number of rotatable bonds is 5. The van der Waals surface area contributed by atoms with Crippen LogP contribution in [-0.2, 0) is 4.79 Å². The smallest absolute Gasteiger partial charge is 0.273 e. The van der Waals surface area contributed by atoms with Crippen LogP contribution in [0.1, 0.15) is 53.1 Å². The molecular formula is C22H27N5O3. The summed E-state index contributed by atoms with van der Waals surface area (Å²) >= 11 is 0. The van der Waals surface area contributed by atoms with E-state index in [1.807, 2.05) is 36.1 Å². The van der Waals surface area contributed by atoms with Crippen LogP contribution in [0.2, 0.25) is 0 Å². The van der Waals surface area contributed by atoms with Crippen molar-refractivity contribution < 1.29 is 14.4 Å². The van der Waals surface area contributed by atoms with E-state index in [-0.39, 0.29) is 41.2 Å². The van der Waals surface area contributed by atoms with E-state index in [0.717, 1.165) is 5.56 Å². The number of nitrogens with zero attached hydrogens (tertiary/aromatic N) is 3. The quantitative estimate of drug-likeness (QED) is 0.789. The summed E-state index contributed by atoms with van der Waals surface area (Å²) in [6, 6.07) is 7.48. The number of anilines is 1. The van der Waals surface area contributed by atoms with Crippen molar-refractivity contribution in [3.8, 4) is 0 Å². The Morgan fingerprint density at radius 2 is 1.80 bits per heavy atom. The highest BCUT2D eigenvalue weighted by Crippen LogP contribution is 2.16. The van der Waals surface area contributed by atoms with Gasteiger partial charge < -0.3 is 15.5 Å². The summed E-state index contributed by atoms with van der Waals surface area (Å²) in [5.41, 5.74) is 1.82. The third kappa shape index (κ3) is 5.20. The SMILES string of the molecule is Cc1cccc(C(=O)N2CCC(NC(=O)c3nccnc3NC(=O)C(C)C)CC2)c1. The maximum atomic E-state index is 12.7. The van der Waals surface area contributed by atoms with Gasteiger partial charge in [-0.25, -0.2) is 9.97 Å². The minimum Gasteiger partial charge on any atom is -0.348 e. The molecule has 0 aliphatic carbocycles. The minimum absolute atomic E-state index is 0.0103. The van der Waals surface area contributed by atoms with Crippen LogP contribution >= 0.6 is 0 Å². The molecule has 2 aromatic rings. The number of benzene rings is 1. The molecule has 2 N–H and O–H groups in total. The summed E-state index contributed by atoms with van der Waals surface area (Å²) in [6.45, 7) is 6.61. The molecule has 0 unspecified atom stereocenters. The molecule has 8 heteroatoms. The highest BCUT2D eigenvalue weighted by Gasteiger charge is 2.26. The first kappa shape index (κ1) is 21.4. The Morgan fingerprint density at radius 1 is 1.10 bits per heavy atom. The Bertz CT molecular complexity index is 936. The minimum atomic E-state index is -0.384. The molecule has 1 fully saturated rings. The van der Waals surface area contributed by atoms with Gasteiger partial charge >= 0.3 is 0 Å². The number of carbonyl (C=O) groups excluding carboxylic acids is 3. The van der Waals surface area contributed by atoms with Crippen molar-refractivity contribution >= 4 is 23.5 Å². The fourth-order valence-corrected chi connectivity index (χ4v) is 3.30. The molecule has 1 aromatic carbocycles. The second-order valence-corrected chi connectivity index (χ2v) is 7.81. The average Bonchev–Trinajstić information content (AvgIpc) is 2.74. The number of amides is 3. The van der Waals surface area contributed by atoms with Crippen molar-refractivity contribution in [3.63, 3.8) is 0 Å². The lowest BCUT2D eigenvalue weighted by Gasteiger charge is -2.32. The molecule has 1 saturated heterocycles. The van der Waals surface area contributed by atoms with Gasteiger partial charge in [0.1, 0.15) is 0 Å². The summed E-state index contributed by atoms with van der Waals surface area (Å²) in [6.07, 6.45) is 4.15. The molecule has 0 atom stereocenters. The first-order valence-electron chi connectivity index (χ1n) is 10.1. The predicted molar refractivity (Wildman–Crippen MR) is 113 cm³/mol. The molecule has 0 spiro atoms. The van der Waals surface area contributed by atoms with E-state index in [4.69, 9.17) is 0 Å². The number of aryl methyl sites for hydroxylation is 1. The second kappa shape index (κ2) is 9.47. The van der Waals surface area contributed by atoms with Crippen LogP contribution in [-0.4, -0.2) is 51.7 Å². The Hall–Kier alpha value is -3.29. The van der Waals surface area contributed by atoms with Crippen LogP contribution in [0.15, 0.2) is 36.7 Å². The summed E-state index contributed by atoms with van der Waals surface area (Å²) in [5.74, 6) is -0.687. The van der Waals surface area contributed by atoms with E-state index in [2.05, 4.69) is 20.6 Å². The van der Waals surface area contributed by atoms with Crippen molar-refractivity contribution in [1.82, 2.24) is 20.2 Å². The number of piperidine rings is 1. The van der Waals surface area contributed by atoms with Crippen molar-refractivity contribution in [2.75, 3.05) is 18.4 Å². The lowest BCUT2D eigenvalue weighted by Crippen LogP contribution is -2.46. The molecule has 0 radical (unpaired) electrons. The number of hydrogen-bond donors (Lipinski definition) is 2. The van der Waals surface area contributed by atoms with Gasteiger partial charge in [0.05, 0.1) is 0 Å². The van der Waals surface area contributed by atoms with Crippen LogP contribution in [0.25, 0.3) is 0 Å². The molecule has 3 amide bonds. The highest BCUT2D eigenvalue weighted by molar-refractivity contribution is 6.01. The van der Waals surface area contributed by atoms with Gasteiger partial charge in [-0.15, -0.1) is 0 Å². The topological polar surface area (TPSA) is 104 Å². The maximum absolute atomic E-state index is 12.7. The Morgan fingerprint density at radius 3 is 2.47 bits per heavy atom. The predicted octanol–water partition coefficient (Wildman–Crippen LogP) is 2.41. The Kier molecular flexibility index (Phi) is 6.76. The second-order valence-electron chi connectivity index (χ2n) is 7.81. The van der Waals surface area contributed by atoms with Gasteiger partial charge in [0.2, 0.25) is 5.91 Å². The number of aromatic nitrogens is 2. The zero-order valence-corrected chi connectivity index (χ0v) is 17.5. The fourth-order valence-electron chi connectivity index (χ4n) is 3.30. The summed E-state index contributed by atoms with van der Waals surface area (Å²) < 4.78 is 0. The fraction of sp³-hybridized carbons (Fsp3) is 0.409. The summed E-state index contributed by atoms with van der Waals surface area (Å²) in [5, 5.41) is 5.60. The van der Waals surface area contributed by atoms with Crippen LogP contribution in [0, 0.1) is 12.8 Å². The molecular weight excluding hydrogens is 382 g/mol. The van der Waals surface area contributed by atoms with E-state index in [9.17, 15) is 14.4 Å². The van der Waals surface area contributed by atoms with Crippen molar-refractivity contribution in [1.29, 1.82) is 0 Å². The van der Waals surface area contributed by atoms with Crippen molar-refractivity contribution in [2.45, 2.75) is 39.7 Å². The molecule has 0 bridgehead atoms. The Labute approximate surface area is 176 Å². The first-order chi connectivity index (χ1) is 14.3. The zero-order chi connectivity index (χ0) is 21.7. The van der Waals surface area contributed by atoms with Crippen LogP contribution in [0.3, 0.4) is 0 Å². The van der Waals surface area contributed by atoms with E-state index in [0.29, 0.717) is 31.5 Å². The van der Waals surface area contributed by atoms with Crippen LogP contribution in [0.5, 0.6) is 0 Å². The maximum Gasteiger partial charge on any atom is 0.273 e. The zero-order valence-electron chi connectivity index (χ0n) is 17.5. The molecule has 2 heterocycles. The van der Waals surface area contributed by atoms with Crippen molar-refractivity contribution in [3.05, 3.63) is 53.5 Å². The van der Waals surface area contributed by atoms with E-state index in [1.54, 1.807) is 13.8 Å². The molecule has 0 saturated carbocycles. The number of likely N-dealkylation sites (tertiary alicyclic amines) is 1. The molecule has 3 rings (SSSR count). The molecule has 158 valence electrons. The third-order valence-electron chi connectivity index (χ3n) is 5.06. The van der Waals surface area contributed by atoms with Gasteiger partial charge in [0, 0.05) is 43.0 Å². The highest BCUT2D eigenvalue weighted by atomic mass is 16.2. The monoisotopic (exact) mass is 409 g/mol. The number of carbonyl (C=O) groups is 3. The molecule has 8 nitrogen and oxygen atoms in total. The third-order valence-corrected chi connectivity index (χ3v) is 5.06. The van der Waals surface area contributed by atoms with E-state index < -0.39 is 0 Å². The largest absolute Gasteiger partial charge is 0.348 e. The summed E-state index contributed by atoms with van der Waals surface area (Å²) in [7, 11) is 0. The van der Waals surface area contributed by atoms with Gasteiger partial charge in [-0.1, -0.05) is 31.5 Å². The van der Waals surface area contributed by atoms with Crippen LogP contribution < -0.4 is 10.6 Å². The van der Waals surface area contributed by atoms with Crippen LogP contribution in [0.4, 0.5) is 5.82 Å². The molecule has 30 heavy (non-hydrogen) atoms. The molecule has 1 aliphatic heterocycles. The standard InChI is InChI=1S/C22H27N5O3/c1-14(2)20(28)26-19-18(23-9-10-24-19)21(29)25-17-7-11-27(12-8-17)22(30)16-6-4-5-15(3)13-16/h4-6,9-10,13-14,17H,7-8,11-12H2,1-3H3,(H,25,29)(H,24,26,28). The lowest BCUT2D eigenvalue weighted by atomic mass is 10.0. The summed E-state index contributed by atoms with van der Waals surface area (Å²) in [4.78, 5) is 47.4. The average molecular weight is 409 g/mol. The van der Waals surface area contributed by atoms with Gasteiger partial charge in [-0.3, -0.25) is 14.4 Å². The van der Waals surface area contributed by atoms with E-state index in [1.165, 1.54) is 12.4 Å². The van der Waals surface area contributed by atoms with Gasteiger partial charge in [-0.2, -0.15) is 0 Å². The number of hydrogen-bond acceptors (Lipinski definition) is 5.